The lowest BCUT2D eigenvalue weighted by Crippen LogP contribution is -2.22. The lowest BCUT2D eigenvalue weighted by atomic mass is 10.1. The van der Waals surface area contributed by atoms with Crippen molar-refractivity contribution >= 4 is 29.3 Å². The highest BCUT2D eigenvalue weighted by Crippen LogP contribution is 2.35. The van der Waals surface area contributed by atoms with Crippen molar-refractivity contribution in [3.63, 3.8) is 0 Å². The number of anilines is 1. The fourth-order valence-corrected chi connectivity index (χ4v) is 2.67. The minimum absolute atomic E-state index is 0.0296. The number of ether oxygens (including phenoxy) is 3. The summed E-state index contributed by atoms with van der Waals surface area (Å²) >= 11 is 0. The first-order valence-electron chi connectivity index (χ1n) is 8.92. The van der Waals surface area contributed by atoms with E-state index in [0.717, 1.165) is 0 Å². The average Bonchev–Trinajstić information content (AvgIpc) is 3.23. The number of alkyl halides is 3. The Hall–Kier alpha value is -4.60. The number of fused-ring (bicyclic) bond motifs is 1. The minimum atomic E-state index is -4.82. The molecule has 0 radical (unpaired) electrons. The summed E-state index contributed by atoms with van der Waals surface area (Å²) in [6, 6.07) is 7.79. The van der Waals surface area contributed by atoms with Crippen molar-refractivity contribution in [2.45, 2.75) is 6.18 Å². The van der Waals surface area contributed by atoms with Crippen molar-refractivity contribution in [2.24, 2.45) is 0 Å². The largest absolute Gasteiger partial charge is 0.454 e. The van der Waals surface area contributed by atoms with Gasteiger partial charge in [-0.25, -0.2) is 4.79 Å². The van der Waals surface area contributed by atoms with Gasteiger partial charge in [-0.1, -0.05) is 6.07 Å². The molecule has 0 saturated carbocycles. The van der Waals surface area contributed by atoms with Crippen LogP contribution in [-0.4, -0.2) is 30.2 Å². The summed E-state index contributed by atoms with van der Waals surface area (Å²) in [5, 5.41) is 22.3. The SMILES string of the molecule is N#CC(=Cc1ccc2c(c1)OCO2)C(=O)OCC(=O)Nc1ccc(C(F)(F)F)cc1[N+](=O)[O-]. The number of esters is 1. The summed E-state index contributed by atoms with van der Waals surface area (Å²) in [5.74, 6) is -1.33. The normalized spacial score (nSPS) is 12.6. The Labute approximate surface area is 182 Å². The zero-order chi connectivity index (χ0) is 24.2. The van der Waals surface area contributed by atoms with Crippen LogP contribution in [0.3, 0.4) is 0 Å². The average molecular weight is 463 g/mol. The zero-order valence-electron chi connectivity index (χ0n) is 16.3. The van der Waals surface area contributed by atoms with E-state index in [1.54, 1.807) is 18.2 Å². The van der Waals surface area contributed by atoms with Gasteiger partial charge in [-0.05, 0) is 35.9 Å². The van der Waals surface area contributed by atoms with Gasteiger partial charge in [0.25, 0.3) is 11.6 Å². The van der Waals surface area contributed by atoms with Crippen LogP contribution in [0.25, 0.3) is 6.08 Å². The first-order chi connectivity index (χ1) is 15.6. The molecule has 170 valence electrons. The number of nitriles is 1. The third-order valence-electron chi connectivity index (χ3n) is 4.18. The van der Waals surface area contributed by atoms with Crippen molar-refractivity contribution in [3.8, 4) is 17.6 Å². The second-order valence-electron chi connectivity index (χ2n) is 6.39. The van der Waals surface area contributed by atoms with Crippen molar-refractivity contribution in [1.82, 2.24) is 0 Å². The van der Waals surface area contributed by atoms with Gasteiger partial charge in [0, 0.05) is 6.07 Å². The first-order valence-corrected chi connectivity index (χ1v) is 8.92. The van der Waals surface area contributed by atoms with Crippen LogP contribution in [0.15, 0.2) is 42.0 Å². The van der Waals surface area contributed by atoms with Gasteiger partial charge in [-0.15, -0.1) is 0 Å². The number of hydrogen-bond donors (Lipinski definition) is 1. The number of halogens is 3. The zero-order valence-corrected chi connectivity index (χ0v) is 16.3. The van der Waals surface area contributed by atoms with E-state index in [9.17, 15) is 38.1 Å². The molecule has 0 unspecified atom stereocenters. The smallest absolute Gasteiger partial charge is 0.416 e. The molecule has 10 nitrogen and oxygen atoms in total. The number of nitro groups is 1. The number of benzene rings is 2. The Bertz CT molecular complexity index is 1200. The Balaban J connectivity index is 1.66. The summed E-state index contributed by atoms with van der Waals surface area (Å²) in [5.41, 5.74) is -2.83. The van der Waals surface area contributed by atoms with Crippen LogP contribution in [0.1, 0.15) is 11.1 Å². The van der Waals surface area contributed by atoms with Crippen molar-refractivity contribution < 1.29 is 41.9 Å². The molecule has 0 fully saturated rings. The number of rotatable bonds is 6. The Kier molecular flexibility index (Phi) is 6.48. The van der Waals surface area contributed by atoms with Crippen molar-refractivity contribution in [1.29, 1.82) is 5.26 Å². The molecular weight excluding hydrogens is 451 g/mol. The van der Waals surface area contributed by atoms with E-state index in [0.29, 0.717) is 29.2 Å². The predicted molar refractivity (Wildman–Crippen MR) is 104 cm³/mol. The minimum Gasteiger partial charge on any atom is -0.454 e. The molecule has 3 rings (SSSR count). The Morgan fingerprint density at radius 3 is 2.61 bits per heavy atom. The Morgan fingerprint density at radius 2 is 1.94 bits per heavy atom. The fourth-order valence-electron chi connectivity index (χ4n) is 2.67. The van der Waals surface area contributed by atoms with E-state index in [4.69, 9.17) is 14.2 Å². The number of carbonyl (C=O) groups is 2. The quantitative estimate of drug-likeness (QED) is 0.226. The monoisotopic (exact) mass is 463 g/mol. The summed E-state index contributed by atoms with van der Waals surface area (Å²) in [7, 11) is 0. The maximum Gasteiger partial charge on any atom is 0.416 e. The first kappa shape index (κ1) is 23.1. The molecular formula is C20H12F3N3O7. The highest BCUT2D eigenvalue weighted by atomic mass is 19.4. The Morgan fingerprint density at radius 1 is 1.21 bits per heavy atom. The molecule has 1 amide bonds. The van der Waals surface area contributed by atoms with Gasteiger partial charge in [-0.3, -0.25) is 14.9 Å². The van der Waals surface area contributed by atoms with Gasteiger partial charge < -0.3 is 19.5 Å². The van der Waals surface area contributed by atoms with Crippen LogP contribution in [-0.2, 0) is 20.5 Å². The van der Waals surface area contributed by atoms with Gasteiger partial charge in [0.05, 0.1) is 10.5 Å². The highest BCUT2D eigenvalue weighted by Gasteiger charge is 2.33. The molecule has 1 N–H and O–H groups in total. The van der Waals surface area contributed by atoms with Gasteiger partial charge in [0.2, 0.25) is 6.79 Å². The lowest BCUT2D eigenvalue weighted by Gasteiger charge is -2.10. The van der Waals surface area contributed by atoms with Gasteiger partial charge in [0.15, 0.2) is 18.1 Å². The number of nitrogens with zero attached hydrogens (tertiary/aromatic N) is 2. The number of nitrogens with one attached hydrogen (secondary N) is 1. The summed E-state index contributed by atoms with van der Waals surface area (Å²) in [4.78, 5) is 34.1. The van der Waals surface area contributed by atoms with E-state index >= 15 is 0 Å². The molecule has 1 heterocycles. The molecule has 33 heavy (non-hydrogen) atoms. The van der Waals surface area contributed by atoms with Crippen LogP contribution in [0.5, 0.6) is 11.5 Å². The maximum absolute atomic E-state index is 12.8. The second kappa shape index (κ2) is 9.27. The summed E-state index contributed by atoms with van der Waals surface area (Å²) < 4.78 is 53.3. The predicted octanol–water partition coefficient (Wildman–Crippen LogP) is 3.43. The van der Waals surface area contributed by atoms with E-state index < -0.39 is 52.1 Å². The van der Waals surface area contributed by atoms with Crippen LogP contribution in [0.2, 0.25) is 0 Å². The van der Waals surface area contributed by atoms with E-state index in [-0.39, 0.29) is 12.9 Å². The molecule has 1 aliphatic rings. The van der Waals surface area contributed by atoms with Gasteiger partial charge >= 0.3 is 12.1 Å². The molecule has 0 spiro atoms. The molecule has 2 aromatic carbocycles. The molecule has 0 aliphatic carbocycles. The van der Waals surface area contributed by atoms with E-state index in [1.165, 1.54) is 12.1 Å². The van der Waals surface area contributed by atoms with E-state index in [2.05, 4.69) is 0 Å². The molecule has 0 bridgehead atoms. The summed E-state index contributed by atoms with van der Waals surface area (Å²) in [6.45, 7) is -0.918. The molecule has 13 heteroatoms. The molecule has 0 aromatic heterocycles. The summed E-state index contributed by atoms with van der Waals surface area (Å²) in [6.07, 6.45) is -3.64. The third kappa shape index (κ3) is 5.56. The van der Waals surface area contributed by atoms with Crippen LogP contribution >= 0.6 is 0 Å². The van der Waals surface area contributed by atoms with E-state index in [1.807, 2.05) is 5.32 Å². The standard InChI is InChI=1S/C20H12F3N3O7/c21-20(22,23)13-2-3-14(15(7-13)26(29)30)25-18(27)9-31-19(28)12(8-24)5-11-1-4-16-17(6-11)33-10-32-16/h1-7H,9-10H2,(H,25,27). The van der Waals surface area contributed by atoms with Gasteiger partial charge in [-0.2, -0.15) is 18.4 Å². The fraction of sp³-hybridized carbons (Fsp3) is 0.150. The van der Waals surface area contributed by atoms with Crippen molar-refractivity contribution in [2.75, 3.05) is 18.7 Å². The van der Waals surface area contributed by atoms with Crippen molar-refractivity contribution in [3.05, 3.63) is 63.2 Å². The maximum atomic E-state index is 12.8. The highest BCUT2D eigenvalue weighted by molar-refractivity contribution is 6.00. The lowest BCUT2D eigenvalue weighted by molar-refractivity contribution is -0.384. The third-order valence-corrected chi connectivity index (χ3v) is 4.18. The molecule has 0 atom stereocenters. The molecule has 2 aromatic rings. The molecule has 0 saturated heterocycles. The van der Waals surface area contributed by atoms with Gasteiger partial charge in [0.1, 0.15) is 17.3 Å². The topological polar surface area (TPSA) is 141 Å². The molecule has 1 aliphatic heterocycles. The van der Waals surface area contributed by atoms with Crippen LogP contribution in [0, 0.1) is 21.4 Å². The number of amides is 1. The number of carbonyl (C=O) groups excluding carboxylic acids is 2. The van der Waals surface area contributed by atoms with Crippen LogP contribution in [0.4, 0.5) is 24.5 Å². The number of hydrogen-bond acceptors (Lipinski definition) is 8. The second-order valence-corrected chi connectivity index (χ2v) is 6.39. The number of nitro benzene ring substituents is 1. The van der Waals surface area contributed by atoms with Crippen LogP contribution < -0.4 is 14.8 Å².